The fourth-order valence-electron chi connectivity index (χ4n) is 1.87. The lowest BCUT2D eigenvalue weighted by atomic mass is 9.95. The maximum atomic E-state index is 5.90. The van der Waals surface area contributed by atoms with Crippen LogP contribution in [0.2, 0.25) is 0 Å². The molecule has 0 heterocycles. The van der Waals surface area contributed by atoms with Gasteiger partial charge in [-0.2, -0.15) is 0 Å². The van der Waals surface area contributed by atoms with Crippen LogP contribution in [0.25, 0.3) is 0 Å². The fourth-order valence-corrected chi connectivity index (χ4v) is 1.87. The van der Waals surface area contributed by atoms with Crippen molar-refractivity contribution >= 4 is 0 Å². The van der Waals surface area contributed by atoms with Crippen LogP contribution < -0.4 is 5.73 Å². The SMILES string of the molecule is CCCCN(CC)C(C)(CN)CCOC. The van der Waals surface area contributed by atoms with E-state index in [4.69, 9.17) is 10.5 Å². The van der Waals surface area contributed by atoms with Crippen molar-refractivity contribution in [1.29, 1.82) is 0 Å². The highest BCUT2D eigenvalue weighted by Crippen LogP contribution is 2.18. The van der Waals surface area contributed by atoms with Crippen molar-refractivity contribution in [3.8, 4) is 0 Å². The number of nitrogens with zero attached hydrogens (tertiary/aromatic N) is 1. The van der Waals surface area contributed by atoms with Gasteiger partial charge in [0.25, 0.3) is 0 Å². The van der Waals surface area contributed by atoms with Crippen LogP contribution in [0.15, 0.2) is 0 Å². The molecule has 0 saturated heterocycles. The maximum absolute atomic E-state index is 5.90. The molecule has 0 aromatic carbocycles. The second kappa shape index (κ2) is 8.08. The van der Waals surface area contributed by atoms with Gasteiger partial charge in [0.05, 0.1) is 0 Å². The lowest BCUT2D eigenvalue weighted by molar-refractivity contribution is 0.0714. The highest BCUT2D eigenvalue weighted by molar-refractivity contribution is 4.86. The Bertz CT molecular complexity index is 153. The van der Waals surface area contributed by atoms with Crippen molar-refractivity contribution in [2.45, 2.75) is 45.6 Å². The van der Waals surface area contributed by atoms with Gasteiger partial charge < -0.3 is 10.5 Å². The predicted molar refractivity (Wildman–Crippen MR) is 66.1 cm³/mol. The van der Waals surface area contributed by atoms with Crippen LogP contribution in [0.4, 0.5) is 0 Å². The lowest BCUT2D eigenvalue weighted by Crippen LogP contribution is -2.52. The summed E-state index contributed by atoms with van der Waals surface area (Å²) in [5.74, 6) is 0. The molecule has 0 rings (SSSR count). The molecule has 15 heavy (non-hydrogen) atoms. The highest BCUT2D eigenvalue weighted by Gasteiger charge is 2.28. The van der Waals surface area contributed by atoms with Crippen molar-refractivity contribution in [2.24, 2.45) is 5.73 Å². The van der Waals surface area contributed by atoms with E-state index < -0.39 is 0 Å². The summed E-state index contributed by atoms with van der Waals surface area (Å²) in [6, 6.07) is 0. The number of ether oxygens (including phenoxy) is 1. The quantitative estimate of drug-likeness (QED) is 0.639. The Balaban J connectivity index is 4.27. The molecule has 0 aliphatic carbocycles. The minimum absolute atomic E-state index is 0.0972. The molecule has 0 radical (unpaired) electrons. The zero-order chi connectivity index (χ0) is 11.7. The molecule has 2 N–H and O–H groups in total. The van der Waals surface area contributed by atoms with E-state index in [-0.39, 0.29) is 5.54 Å². The van der Waals surface area contributed by atoms with E-state index in [1.165, 1.54) is 12.8 Å². The first-order valence-electron chi connectivity index (χ1n) is 6.08. The van der Waals surface area contributed by atoms with Gasteiger partial charge in [-0.25, -0.2) is 0 Å². The molecule has 0 fully saturated rings. The molecule has 1 unspecified atom stereocenters. The van der Waals surface area contributed by atoms with Gasteiger partial charge in [0.1, 0.15) is 0 Å². The second-order valence-electron chi connectivity index (χ2n) is 4.38. The Morgan fingerprint density at radius 1 is 1.33 bits per heavy atom. The van der Waals surface area contributed by atoms with Crippen LogP contribution >= 0.6 is 0 Å². The van der Waals surface area contributed by atoms with Crippen molar-refractivity contribution in [3.63, 3.8) is 0 Å². The Morgan fingerprint density at radius 2 is 2.00 bits per heavy atom. The number of hydrogen-bond acceptors (Lipinski definition) is 3. The summed E-state index contributed by atoms with van der Waals surface area (Å²) in [7, 11) is 1.75. The van der Waals surface area contributed by atoms with Gasteiger partial charge in [0.2, 0.25) is 0 Å². The van der Waals surface area contributed by atoms with Crippen LogP contribution in [-0.2, 0) is 4.74 Å². The molecule has 92 valence electrons. The molecular formula is C12H28N2O. The predicted octanol–water partition coefficient (Wildman–Crippen LogP) is 1.86. The van der Waals surface area contributed by atoms with E-state index in [1.807, 2.05) is 0 Å². The van der Waals surface area contributed by atoms with Crippen molar-refractivity contribution < 1.29 is 4.74 Å². The summed E-state index contributed by atoms with van der Waals surface area (Å²) >= 11 is 0. The topological polar surface area (TPSA) is 38.5 Å². The molecule has 3 heteroatoms. The average Bonchev–Trinajstić information content (AvgIpc) is 2.27. The smallest absolute Gasteiger partial charge is 0.0480 e. The van der Waals surface area contributed by atoms with E-state index in [0.29, 0.717) is 6.54 Å². The molecule has 1 atom stereocenters. The first kappa shape index (κ1) is 14.9. The first-order valence-corrected chi connectivity index (χ1v) is 6.08. The third-order valence-electron chi connectivity index (χ3n) is 3.21. The summed E-state index contributed by atoms with van der Waals surface area (Å²) in [4.78, 5) is 2.48. The minimum Gasteiger partial charge on any atom is -0.385 e. The van der Waals surface area contributed by atoms with Crippen LogP contribution in [0.1, 0.15) is 40.0 Å². The Morgan fingerprint density at radius 3 is 2.40 bits per heavy atom. The van der Waals surface area contributed by atoms with Crippen molar-refractivity contribution in [3.05, 3.63) is 0 Å². The lowest BCUT2D eigenvalue weighted by Gasteiger charge is -2.40. The van der Waals surface area contributed by atoms with Gasteiger partial charge in [-0.05, 0) is 32.9 Å². The van der Waals surface area contributed by atoms with E-state index in [1.54, 1.807) is 7.11 Å². The summed E-state index contributed by atoms with van der Waals surface area (Å²) < 4.78 is 5.16. The Hall–Kier alpha value is -0.120. The summed E-state index contributed by atoms with van der Waals surface area (Å²) in [5, 5.41) is 0. The van der Waals surface area contributed by atoms with Crippen molar-refractivity contribution in [2.75, 3.05) is 33.4 Å². The van der Waals surface area contributed by atoms with Crippen molar-refractivity contribution in [1.82, 2.24) is 4.90 Å². The minimum atomic E-state index is 0.0972. The molecule has 0 aliphatic rings. The van der Waals surface area contributed by atoms with Gasteiger partial charge in [-0.1, -0.05) is 20.3 Å². The van der Waals surface area contributed by atoms with Gasteiger partial charge in [0, 0.05) is 25.8 Å². The second-order valence-corrected chi connectivity index (χ2v) is 4.38. The molecular weight excluding hydrogens is 188 g/mol. The number of hydrogen-bond donors (Lipinski definition) is 1. The summed E-state index contributed by atoms with van der Waals surface area (Å²) in [5.41, 5.74) is 6.00. The molecule has 0 aromatic heterocycles. The van der Waals surface area contributed by atoms with E-state index >= 15 is 0 Å². The molecule has 0 aliphatic heterocycles. The number of likely N-dealkylation sites (N-methyl/N-ethyl adjacent to an activating group) is 1. The molecule has 0 saturated carbocycles. The monoisotopic (exact) mass is 216 g/mol. The molecule has 3 nitrogen and oxygen atoms in total. The van der Waals surface area contributed by atoms with Gasteiger partial charge in [0.15, 0.2) is 0 Å². The number of methoxy groups -OCH3 is 1. The van der Waals surface area contributed by atoms with Gasteiger partial charge >= 0.3 is 0 Å². The van der Waals surface area contributed by atoms with Gasteiger partial charge in [-0.15, -0.1) is 0 Å². The van der Waals surface area contributed by atoms with Crippen LogP contribution in [0.5, 0.6) is 0 Å². The number of nitrogens with two attached hydrogens (primary N) is 1. The number of rotatable bonds is 9. The molecule has 0 aromatic rings. The average molecular weight is 216 g/mol. The summed E-state index contributed by atoms with van der Waals surface area (Å²) in [6.45, 7) is 10.4. The van der Waals surface area contributed by atoms with Crippen LogP contribution in [0, 0.1) is 0 Å². The normalized spacial score (nSPS) is 15.6. The zero-order valence-electron chi connectivity index (χ0n) is 10.9. The standard InChI is InChI=1S/C12H28N2O/c1-5-7-9-14(6-2)12(3,11-13)8-10-15-4/h5-11,13H2,1-4H3. The Kier molecular flexibility index (Phi) is 8.02. The largest absolute Gasteiger partial charge is 0.385 e. The van der Waals surface area contributed by atoms with E-state index in [0.717, 1.165) is 26.1 Å². The fraction of sp³-hybridized carbons (Fsp3) is 1.00. The third-order valence-corrected chi connectivity index (χ3v) is 3.21. The maximum Gasteiger partial charge on any atom is 0.0480 e. The summed E-state index contributed by atoms with van der Waals surface area (Å²) in [6.07, 6.45) is 3.50. The van der Waals surface area contributed by atoms with E-state index in [2.05, 4.69) is 25.7 Å². The highest BCUT2D eigenvalue weighted by atomic mass is 16.5. The Labute approximate surface area is 95.0 Å². The first-order chi connectivity index (χ1) is 7.14. The molecule has 0 bridgehead atoms. The van der Waals surface area contributed by atoms with E-state index in [9.17, 15) is 0 Å². The number of unbranched alkanes of at least 4 members (excludes halogenated alkanes) is 1. The zero-order valence-corrected chi connectivity index (χ0v) is 10.9. The third kappa shape index (κ3) is 4.96. The van der Waals surface area contributed by atoms with Gasteiger partial charge in [-0.3, -0.25) is 4.90 Å². The van der Waals surface area contributed by atoms with Crippen LogP contribution in [-0.4, -0.2) is 43.8 Å². The molecule has 0 spiro atoms. The van der Waals surface area contributed by atoms with Crippen LogP contribution in [0.3, 0.4) is 0 Å². The molecule has 0 amide bonds.